The second kappa shape index (κ2) is 6.37. The molecule has 0 aliphatic carbocycles. The van der Waals surface area contributed by atoms with Crippen LogP contribution in [0, 0.1) is 0 Å². The fourth-order valence-electron chi connectivity index (χ4n) is 1.13. The number of thiophene rings is 1. The highest BCUT2D eigenvalue weighted by Crippen LogP contribution is 2.22. The second-order valence-corrected chi connectivity index (χ2v) is 4.73. The Hall–Kier alpha value is -0.130. The van der Waals surface area contributed by atoms with Crippen molar-refractivity contribution in [2.75, 3.05) is 13.2 Å². The van der Waals surface area contributed by atoms with Gasteiger partial charge in [-0.1, -0.05) is 11.6 Å². The van der Waals surface area contributed by atoms with Crippen molar-refractivity contribution < 1.29 is 4.74 Å². The number of ether oxygens (including phenoxy) is 1. The normalized spacial score (nSPS) is 13.1. The van der Waals surface area contributed by atoms with E-state index in [2.05, 4.69) is 5.43 Å². The van der Waals surface area contributed by atoms with Gasteiger partial charge in [-0.05, 0) is 19.1 Å². The van der Waals surface area contributed by atoms with Crippen molar-refractivity contribution in [2.45, 2.75) is 19.4 Å². The second-order valence-electron chi connectivity index (χ2n) is 2.93. The third kappa shape index (κ3) is 3.94. The summed E-state index contributed by atoms with van der Waals surface area (Å²) in [6.45, 7) is 3.31. The molecular weight excluding hydrogens is 220 g/mol. The number of nitrogens with two attached hydrogens (primary N) is 1. The van der Waals surface area contributed by atoms with Crippen LogP contribution < -0.4 is 11.3 Å². The first-order valence-corrected chi connectivity index (χ1v) is 5.73. The van der Waals surface area contributed by atoms with E-state index < -0.39 is 0 Å². The summed E-state index contributed by atoms with van der Waals surface area (Å²) in [5, 5.41) is 0. The SMILES string of the molecule is CCOCC(Cc1ccc(Cl)s1)NN. The molecule has 0 aromatic carbocycles. The van der Waals surface area contributed by atoms with Crippen molar-refractivity contribution in [3.8, 4) is 0 Å². The van der Waals surface area contributed by atoms with Crippen LogP contribution in [0.1, 0.15) is 11.8 Å². The Bertz CT molecular complexity index is 267. The Morgan fingerprint density at radius 2 is 2.43 bits per heavy atom. The molecule has 1 unspecified atom stereocenters. The minimum absolute atomic E-state index is 0.157. The smallest absolute Gasteiger partial charge is 0.0931 e. The molecular formula is C9H15ClN2OS. The lowest BCUT2D eigenvalue weighted by molar-refractivity contribution is 0.123. The summed E-state index contributed by atoms with van der Waals surface area (Å²) in [7, 11) is 0. The molecule has 1 rings (SSSR count). The quantitative estimate of drug-likeness (QED) is 0.583. The Labute approximate surface area is 93.2 Å². The number of hydrazine groups is 1. The third-order valence-corrected chi connectivity index (χ3v) is 3.09. The molecule has 0 aliphatic heterocycles. The highest BCUT2D eigenvalue weighted by Gasteiger charge is 2.09. The van der Waals surface area contributed by atoms with Gasteiger partial charge in [-0.15, -0.1) is 11.3 Å². The van der Waals surface area contributed by atoms with Crippen LogP contribution in [0.2, 0.25) is 4.34 Å². The Morgan fingerprint density at radius 3 is 2.93 bits per heavy atom. The number of rotatable bonds is 6. The van der Waals surface area contributed by atoms with E-state index in [4.69, 9.17) is 22.2 Å². The van der Waals surface area contributed by atoms with Crippen LogP contribution in [-0.2, 0) is 11.2 Å². The molecule has 0 saturated heterocycles. The predicted molar refractivity (Wildman–Crippen MR) is 60.6 cm³/mol. The molecule has 1 aromatic rings. The maximum atomic E-state index is 5.83. The zero-order valence-electron chi connectivity index (χ0n) is 8.13. The van der Waals surface area contributed by atoms with E-state index in [1.165, 1.54) is 4.88 Å². The molecule has 5 heteroatoms. The lowest BCUT2D eigenvalue weighted by Crippen LogP contribution is -2.40. The van der Waals surface area contributed by atoms with Crippen molar-refractivity contribution >= 4 is 22.9 Å². The average molecular weight is 235 g/mol. The summed E-state index contributed by atoms with van der Waals surface area (Å²) in [4.78, 5) is 1.22. The molecule has 0 aliphatic rings. The van der Waals surface area contributed by atoms with Crippen LogP contribution in [0.25, 0.3) is 0 Å². The van der Waals surface area contributed by atoms with Gasteiger partial charge in [0.15, 0.2) is 0 Å². The molecule has 3 N–H and O–H groups in total. The Kier molecular flexibility index (Phi) is 5.44. The molecule has 14 heavy (non-hydrogen) atoms. The fourth-order valence-corrected chi connectivity index (χ4v) is 2.30. The lowest BCUT2D eigenvalue weighted by atomic mass is 10.2. The highest BCUT2D eigenvalue weighted by atomic mass is 35.5. The summed E-state index contributed by atoms with van der Waals surface area (Å²) in [5.41, 5.74) is 2.73. The monoisotopic (exact) mass is 234 g/mol. The van der Waals surface area contributed by atoms with E-state index in [0.29, 0.717) is 13.2 Å². The van der Waals surface area contributed by atoms with E-state index in [9.17, 15) is 0 Å². The molecule has 0 amide bonds. The summed E-state index contributed by atoms with van der Waals surface area (Å²) >= 11 is 7.41. The van der Waals surface area contributed by atoms with Crippen molar-refractivity contribution in [1.29, 1.82) is 0 Å². The van der Waals surface area contributed by atoms with Crippen molar-refractivity contribution in [1.82, 2.24) is 5.43 Å². The van der Waals surface area contributed by atoms with Gasteiger partial charge in [-0.25, -0.2) is 0 Å². The maximum Gasteiger partial charge on any atom is 0.0931 e. The van der Waals surface area contributed by atoms with Crippen molar-refractivity contribution in [3.05, 3.63) is 21.3 Å². The number of hydrogen-bond donors (Lipinski definition) is 2. The number of hydrogen-bond acceptors (Lipinski definition) is 4. The molecule has 80 valence electrons. The molecule has 1 heterocycles. The average Bonchev–Trinajstić information content (AvgIpc) is 2.58. The molecule has 0 radical (unpaired) electrons. The summed E-state index contributed by atoms with van der Waals surface area (Å²) in [6, 6.07) is 4.07. The van der Waals surface area contributed by atoms with Crippen LogP contribution in [0.4, 0.5) is 0 Å². The van der Waals surface area contributed by atoms with Gasteiger partial charge in [0.25, 0.3) is 0 Å². The zero-order valence-corrected chi connectivity index (χ0v) is 9.70. The Balaban J connectivity index is 2.40. The van der Waals surface area contributed by atoms with Gasteiger partial charge in [0.1, 0.15) is 0 Å². The molecule has 0 fully saturated rings. The molecule has 0 spiro atoms. The van der Waals surface area contributed by atoms with Gasteiger partial charge in [0.05, 0.1) is 10.9 Å². The first kappa shape index (κ1) is 11.9. The molecule has 1 aromatic heterocycles. The Morgan fingerprint density at radius 1 is 1.64 bits per heavy atom. The number of halogens is 1. The molecule has 0 bridgehead atoms. The largest absolute Gasteiger partial charge is 0.380 e. The number of nitrogens with one attached hydrogen (secondary N) is 1. The van der Waals surface area contributed by atoms with Crippen LogP contribution in [0.3, 0.4) is 0 Å². The van der Waals surface area contributed by atoms with Crippen LogP contribution in [0.15, 0.2) is 12.1 Å². The van der Waals surface area contributed by atoms with Crippen LogP contribution in [0.5, 0.6) is 0 Å². The summed E-state index contributed by atoms with van der Waals surface area (Å²) in [5.74, 6) is 5.41. The van der Waals surface area contributed by atoms with Crippen LogP contribution in [-0.4, -0.2) is 19.3 Å². The zero-order chi connectivity index (χ0) is 10.4. The molecule has 0 saturated carbocycles. The van der Waals surface area contributed by atoms with Gasteiger partial charge in [0, 0.05) is 23.9 Å². The minimum Gasteiger partial charge on any atom is -0.380 e. The highest BCUT2D eigenvalue weighted by molar-refractivity contribution is 7.16. The topological polar surface area (TPSA) is 47.3 Å². The minimum atomic E-state index is 0.157. The molecule has 3 nitrogen and oxygen atoms in total. The van der Waals surface area contributed by atoms with E-state index in [0.717, 1.165) is 10.8 Å². The van der Waals surface area contributed by atoms with E-state index >= 15 is 0 Å². The first-order valence-electron chi connectivity index (χ1n) is 4.54. The summed E-state index contributed by atoms with van der Waals surface area (Å²) < 4.78 is 6.11. The van der Waals surface area contributed by atoms with Crippen LogP contribution >= 0.6 is 22.9 Å². The third-order valence-electron chi connectivity index (χ3n) is 1.84. The van der Waals surface area contributed by atoms with Gasteiger partial charge >= 0.3 is 0 Å². The van der Waals surface area contributed by atoms with Crippen molar-refractivity contribution in [2.24, 2.45) is 5.84 Å². The first-order chi connectivity index (χ1) is 6.76. The molecule has 1 atom stereocenters. The fraction of sp³-hybridized carbons (Fsp3) is 0.556. The van der Waals surface area contributed by atoms with Gasteiger partial charge in [0.2, 0.25) is 0 Å². The lowest BCUT2D eigenvalue weighted by Gasteiger charge is -2.14. The van der Waals surface area contributed by atoms with Crippen molar-refractivity contribution in [3.63, 3.8) is 0 Å². The summed E-state index contributed by atoms with van der Waals surface area (Å²) in [6.07, 6.45) is 0.855. The van der Waals surface area contributed by atoms with Gasteiger partial charge < -0.3 is 4.74 Å². The van der Waals surface area contributed by atoms with E-state index in [-0.39, 0.29) is 6.04 Å². The van der Waals surface area contributed by atoms with Gasteiger partial charge in [-0.2, -0.15) is 0 Å². The predicted octanol–water partition coefficient (Wildman–Crippen LogP) is 1.81. The maximum absolute atomic E-state index is 5.83. The van der Waals surface area contributed by atoms with Gasteiger partial charge in [-0.3, -0.25) is 11.3 Å². The standard InChI is InChI=1S/C9H15ClN2OS/c1-2-13-6-7(12-11)5-8-3-4-9(10)14-8/h3-4,7,12H,2,5-6,11H2,1H3. The van der Waals surface area contributed by atoms with E-state index in [1.54, 1.807) is 11.3 Å². The van der Waals surface area contributed by atoms with E-state index in [1.807, 2.05) is 19.1 Å².